The van der Waals surface area contributed by atoms with E-state index in [1.807, 2.05) is 30.3 Å². The fourth-order valence-corrected chi connectivity index (χ4v) is 3.04. The van der Waals surface area contributed by atoms with Gasteiger partial charge in [-0.25, -0.2) is 0 Å². The van der Waals surface area contributed by atoms with E-state index in [2.05, 4.69) is 10.9 Å². The first-order valence-corrected chi connectivity index (χ1v) is 10.4. The molecule has 0 spiro atoms. The molecule has 0 radical (unpaired) electrons. The molecule has 0 heterocycles. The number of carbonyl (C=O) groups is 2. The van der Waals surface area contributed by atoms with Gasteiger partial charge in [-0.05, 0) is 42.5 Å². The van der Waals surface area contributed by atoms with Gasteiger partial charge in [-0.1, -0.05) is 53.5 Å². The zero-order valence-corrected chi connectivity index (χ0v) is 18.4. The van der Waals surface area contributed by atoms with Crippen LogP contribution in [0.1, 0.15) is 10.4 Å². The highest BCUT2D eigenvalue weighted by molar-refractivity contribution is 6.35. The van der Waals surface area contributed by atoms with Crippen LogP contribution in [0.3, 0.4) is 0 Å². The van der Waals surface area contributed by atoms with Gasteiger partial charge in [0.05, 0.1) is 10.6 Å². The number of hydrogen-bond acceptors (Lipinski definition) is 5. The Hall–Kier alpha value is -3.42. The minimum Gasteiger partial charge on any atom is -0.490 e. The molecule has 0 bridgehead atoms. The lowest BCUT2D eigenvalue weighted by Crippen LogP contribution is -2.44. The maximum Gasteiger partial charge on any atom is 0.276 e. The summed E-state index contributed by atoms with van der Waals surface area (Å²) in [5.41, 5.74) is 4.88. The molecule has 2 N–H and O–H groups in total. The third-order valence-electron chi connectivity index (χ3n) is 4.05. The van der Waals surface area contributed by atoms with Gasteiger partial charge in [0.15, 0.2) is 6.61 Å². The highest BCUT2D eigenvalue weighted by Crippen LogP contribution is 2.27. The summed E-state index contributed by atoms with van der Waals surface area (Å²) in [4.78, 5) is 24.5. The number of nitrogens with one attached hydrogen (secondary N) is 2. The van der Waals surface area contributed by atoms with Crippen molar-refractivity contribution in [3.63, 3.8) is 0 Å². The number of carbonyl (C=O) groups excluding carboxylic acids is 2. The second kappa shape index (κ2) is 11.8. The van der Waals surface area contributed by atoms with Gasteiger partial charge in [0, 0.05) is 5.02 Å². The third kappa shape index (κ3) is 7.08. The summed E-state index contributed by atoms with van der Waals surface area (Å²) in [7, 11) is 0. The average molecular weight is 475 g/mol. The molecule has 3 rings (SSSR count). The van der Waals surface area contributed by atoms with Gasteiger partial charge in [-0.2, -0.15) is 0 Å². The standard InChI is InChI=1S/C23H20Cl2N2O5/c24-16-10-11-21(19(25)14-16)32-15-22(28)26-27-23(29)18-8-4-5-9-20(18)31-13-12-30-17-6-2-1-3-7-17/h1-11,14H,12-13,15H2,(H,26,28)(H,27,29). The van der Waals surface area contributed by atoms with Crippen LogP contribution in [0.15, 0.2) is 72.8 Å². The van der Waals surface area contributed by atoms with Crippen LogP contribution in [0.25, 0.3) is 0 Å². The normalized spacial score (nSPS) is 10.2. The van der Waals surface area contributed by atoms with Crippen LogP contribution in [0.2, 0.25) is 10.0 Å². The molecule has 9 heteroatoms. The minimum absolute atomic E-state index is 0.237. The van der Waals surface area contributed by atoms with Crippen molar-refractivity contribution in [1.29, 1.82) is 0 Å². The Balaban J connectivity index is 1.45. The van der Waals surface area contributed by atoms with Gasteiger partial charge in [-0.15, -0.1) is 0 Å². The summed E-state index contributed by atoms with van der Waals surface area (Å²) in [5.74, 6) is 0.280. The Kier molecular flexibility index (Phi) is 8.60. The predicted molar refractivity (Wildman–Crippen MR) is 121 cm³/mol. The molecular weight excluding hydrogens is 455 g/mol. The number of amides is 2. The van der Waals surface area contributed by atoms with E-state index < -0.39 is 11.8 Å². The van der Waals surface area contributed by atoms with Crippen molar-refractivity contribution in [2.45, 2.75) is 0 Å². The van der Waals surface area contributed by atoms with E-state index in [0.717, 1.165) is 5.75 Å². The Labute approximate surface area is 195 Å². The van der Waals surface area contributed by atoms with E-state index >= 15 is 0 Å². The highest BCUT2D eigenvalue weighted by atomic mass is 35.5. The molecule has 0 unspecified atom stereocenters. The molecular formula is C23H20Cl2N2O5. The van der Waals surface area contributed by atoms with E-state index in [1.165, 1.54) is 6.07 Å². The molecule has 0 fully saturated rings. The van der Waals surface area contributed by atoms with Crippen LogP contribution < -0.4 is 25.1 Å². The monoisotopic (exact) mass is 474 g/mol. The quantitative estimate of drug-likeness (QED) is 0.356. The SMILES string of the molecule is O=C(COc1ccc(Cl)cc1Cl)NNC(=O)c1ccccc1OCCOc1ccccc1. The highest BCUT2D eigenvalue weighted by Gasteiger charge is 2.14. The zero-order valence-electron chi connectivity index (χ0n) is 16.8. The minimum atomic E-state index is -0.570. The van der Waals surface area contributed by atoms with E-state index in [1.54, 1.807) is 36.4 Å². The van der Waals surface area contributed by atoms with Crippen molar-refractivity contribution >= 4 is 35.0 Å². The maximum absolute atomic E-state index is 12.5. The Bertz CT molecular complexity index is 1060. The molecule has 0 aromatic heterocycles. The lowest BCUT2D eigenvalue weighted by atomic mass is 10.2. The van der Waals surface area contributed by atoms with Gasteiger partial charge in [-0.3, -0.25) is 20.4 Å². The summed E-state index contributed by atoms with van der Waals surface area (Å²) in [5, 5.41) is 0.725. The van der Waals surface area contributed by atoms with Crippen LogP contribution in [-0.4, -0.2) is 31.6 Å². The lowest BCUT2D eigenvalue weighted by Gasteiger charge is -2.13. The molecule has 166 valence electrons. The summed E-state index contributed by atoms with van der Waals surface area (Å²) < 4.78 is 16.6. The van der Waals surface area contributed by atoms with Gasteiger partial charge in [0.25, 0.3) is 11.8 Å². The Morgan fingerprint density at radius 2 is 1.47 bits per heavy atom. The topological polar surface area (TPSA) is 85.9 Å². The van der Waals surface area contributed by atoms with Crippen LogP contribution in [0.5, 0.6) is 17.2 Å². The van der Waals surface area contributed by atoms with Crippen molar-refractivity contribution in [3.8, 4) is 17.2 Å². The summed E-state index contributed by atoms with van der Waals surface area (Å²) >= 11 is 11.8. The number of benzene rings is 3. The van der Waals surface area contributed by atoms with Crippen LogP contribution in [0, 0.1) is 0 Å². The van der Waals surface area contributed by atoms with Gasteiger partial charge in [0.2, 0.25) is 0 Å². The van der Waals surface area contributed by atoms with E-state index in [0.29, 0.717) is 23.1 Å². The first-order valence-electron chi connectivity index (χ1n) is 9.59. The number of hydrazine groups is 1. The number of rotatable bonds is 9. The smallest absolute Gasteiger partial charge is 0.276 e. The van der Waals surface area contributed by atoms with Crippen molar-refractivity contribution < 1.29 is 23.8 Å². The maximum atomic E-state index is 12.5. The molecule has 0 aliphatic rings. The number of halogens is 2. The van der Waals surface area contributed by atoms with Crippen molar-refractivity contribution in [3.05, 3.63) is 88.4 Å². The summed E-state index contributed by atoms with van der Waals surface area (Å²) in [6.07, 6.45) is 0. The molecule has 2 amide bonds. The van der Waals surface area contributed by atoms with Crippen molar-refractivity contribution in [2.75, 3.05) is 19.8 Å². The number of hydrogen-bond donors (Lipinski definition) is 2. The molecule has 0 aliphatic heterocycles. The summed E-state index contributed by atoms with van der Waals surface area (Å²) in [6.45, 7) is 0.194. The first kappa shape index (κ1) is 23.2. The van der Waals surface area contributed by atoms with E-state index in [4.69, 9.17) is 37.4 Å². The Morgan fingerprint density at radius 1 is 0.750 bits per heavy atom. The number of para-hydroxylation sites is 2. The predicted octanol–water partition coefficient (Wildman–Crippen LogP) is 4.29. The van der Waals surface area contributed by atoms with Crippen LogP contribution in [0.4, 0.5) is 0 Å². The average Bonchev–Trinajstić information content (AvgIpc) is 2.80. The second-order valence-corrected chi connectivity index (χ2v) is 7.22. The summed E-state index contributed by atoms with van der Waals surface area (Å²) in [6, 6.07) is 20.6. The molecule has 0 atom stereocenters. The first-order chi connectivity index (χ1) is 15.5. The fourth-order valence-electron chi connectivity index (χ4n) is 2.57. The lowest BCUT2D eigenvalue weighted by molar-refractivity contribution is -0.123. The molecule has 3 aromatic rings. The third-order valence-corrected chi connectivity index (χ3v) is 4.58. The molecule has 0 saturated heterocycles. The van der Waals surface area contributed by atoms with Crippen LogP contribution >= 0.6 is 23.2 Å². The molecule has 32 heavy (non-hydrogen) atoms. The zero-order chi connectivity index (χ0) is 22.8. The van der Waals surface area contributed by atoms with Gasteiger partial charge >= 0.3 is 0 Å². The molecule has 0 saturated carbocycles. The van der Waals surface area contributed by atoms with Gasteiger partial charge in [0.1, 0.15) is 30.5 Å². The van der Waals surface area contributed by atoms with E-state index in [-0.39, 0.29) is 23.8 Å². The van der Waals surface area contributed by atoms with Crippen molar-refractivity contribution in [2.24, 2.45) is 0 Å². The Morgan fingerprint density at radius 3 is 2.25 bits per heavy atom. The van der Waals surface area contributed by atoms with E-state index in [9.17, 15) is 9.59 Å². The van der Waals surface area contributed by atoms with Crippen LogP contribution in [-0.2, 0) is 4.79 Å². The molecule has 3 aromatic carbocycles. The fraction of sp³-hybridized carbons (Fsp3) is 0.130. The molecule has 7 nitrogen and oxygen atoms in total. The number of ether oxygens (including phenoxy) is 3. The van der Waals surface area contributed by atoms with Crippen molar-refractivity contribution in [1.82, 2.24) is 10.9 Å². The van der Waals surface area contributed by atoms with Gasteiger partial charge < -0.3 is 14.2 Å². The largest absolute Gasteiger partial charge is 0.490 e. The second-order valence-electron chi connectivity index (χ2n) is 6.37. The molecule has 0 aliphatic carbocycles.